The van der Waals surface area contributed by atoms with Crippen molar-refractivity contribution in [3.8, 4) is 0 Å². The fourth-order valence-corrected chi connectivity index (χ4v) is 6.56. The quantitative estimate of drug-likeness (QED) is 0.292. The van der Waals surface area contributed by atoms with Crippen LogP contribution in [0.25, 0.3) is 0 Å². The van der Waals surface area contributed by atoms with Gasteiger partial charge in [-0.15, -0.1) is 5.10 Å². The second-order valence-corrected chi connectivity index (χ2v) is 11.9. The molecule has 0 bridgehead atoms. The van der Waals surface area contributed by atoms with Crippen molar-refractivity contribution >= 4 is 31.9 Å². The van der Waals surface area contributed by atoms with Gasteiger partial charge >= 0.3 is 5.97 Å². The maximum atomic E-state index is 13.7. The number of carbonyl (C=O) groups excluding carboxylic acids is 1. The molecular weight excluding hydrogens is 544 g/mol. The van der Waals surface area contributed by atoms with Gasteiger partial charge in [0.05, 0.1) is 24.2 Å². The molecule has 0 saturated heterocycles. The van der Waals surface area contributed by atoms with E-state index in [1.165, 1.54) is 23.0 Å². The Morgan fingerprint density at radius 2 is 1.83 bits per heavy atom. The lowest BCUT2D eigenvalue weighted by molar-refractivity contribution is -0.145. The van der Waals surface area contributed by atoms with Gasteiger partial charge in [0.25, 0.3) is 0 Å². The van der Waals surface area contributed by atoms with Crippen molar-refractivity contribution in [1.29, 1.82) is 0 Å². The normalized spacial score (nSPS) is 12.8. The molecule has 194 valence electrons. The lowest BCUT2D eigenvalue weighted by atomic mass is 10.0. The topological polar surface area (TPSA) is 94.4 Å². The Bertz CT molecular complexity index is 1260. The van der Waals surface area contributed by atoms with Gasteiger partial charge in [0.1, 0.15) is 6.04 Å². The van der Waals surface area contributed by atoms with Gasteiger partial charge in [-0.3, -0.25) is 4.79 Å². The first-order valence-corrected chi connectivity index (χ1v) is 14.1. The number of hydrogen-bond acceptors (Lipinski definition) is 6. The molecule has 0 aliphatic heterocycles. The number of esters is 1. The number of halogens is 1. The first kappa shape index (κ1) is 28.0. The number of benzene rings is 2. The van der Waals surface area contributed by atoms with Gasteiger partial charge in [0.15, 0.2) is 0 Å². The molecule has 0 saturated carbocycles. The van der Waals surface area contributed by atoms with Crippen molar-refractivity contribution in [1.82, 2.24) is 19.3 Å². The van der Waals surface area contributed by atoms with Crippen LogP contribution >= 0.6 is 15.9 Å². The summed E-state index contributed by atoms with van der Waals surface area (Å²) in [6.45, 7) is 6.69. The minimum absolute atomic E-state index is 0.0905. The summed E-state index contributed by atoms with van der Waals surface area (Å²) in [5.41, 5.74) is 3.08. The number of nitrogens with zero attached hydrogens (tertiary/aromatic N) is 4. The van der Waals surface area contributed by atoms with E-state index in [1.807, 2.05) is 27.0 Å². The number of hydrogen-bond donors (Lipinski definition) is 0. The number of aromatic nitrogens is 3. The van der Waals surface area contributed by atoms with E-state index < -0.39 is 22.0 Å². The van der Waals surface area contributed by atoms with Crippen molar-refractivity contribution in [3.05, 3.63) is 76.0 Å². The molecular formula is C26H33BrN4O4S. The molecule has 2 aromatic carbocycles. The summed E-state index contributed by atoms with van der Waals surface area (Å²) >= 11 is 3.35. The molecule has 1 aromatic heterocycles. The van der Waals surface area contributed by atoms with Crippen LogP contribution in [0.5, 0.6) is 0 Å². The Labute approximate surface area is 221 Å². The predicted octanol–water partition coefficient (Wildman–Crippen LogP) is 4.61. The number of rotatable bonds is 12. The van der Waals surface area contributed by atoms with Crippen LogP contribution in [-0.4, -0.2) is 53.4 Å². The molecule has 0 spiro atoms. The highest BCUT2D eigenvalue weighted by Gasteiger charge is 2.37. The van der Waals surface area contributed by atoms with Gasteiger partial charge in [0.2, 0.25) is 10.0 Å². The van der Waals surface area contributed by atoms with Gasteiger partial charge in [-0.05, 0) is 65.7 Å². The zero-order valence-electron chi connectivity index (χ0n) is 21.1. The summed E-state index contributed by atoms with van der Waals surface area (Å²) in [6.07, 6.45) is 3.21. The molecule has 36 heavy (non-hydrogen) atoms. The summed E-state index contributed by atoms with van der Waals surface area (Å²) in [5, 5.41) is 8.46. The summed E-state index contributed by atoms with van der Waals surface area (Å²) in [5.74, 6) is -0.476. The number of ether oxygens (including phenoxy) is 1. The monoisotopic (exact) mass is 576 g/mol. The second-order valence-electron chi connectivity index (χ2n) is 9.21. The maximum Gasteiger partial charge on any atom is 0.324 e. The van der Waals surface area contributed by atoms with E-state index in [9.17, 15) is 13.2 Å². The minimum atomic E-state index is -3.98. The SMILES string of the molecule is COC(=O)[C@H](CC(C)C)N(CCCc1cn(Cc2ccc(C)cc2)nn1)S(=O)(=O)c1ccccc1Br. The smallest absolute Gasteiger partial charge is 0.324 e. The summed E-state index contributed by atoms with van der Waals surface area (Å²) in [6, 6.07) is 13.9. The molecule has 0 amide bonds. The first-order chi connectivity index (χ1) is 17.1. The van der Waals surface area contributed by atoms with Gasteiger partial charge < -0.3 is 4.74 Å². The fraction of sp³-hybridized carbons (Fsp3) is 0.423. The van der Waals surface area contributed by atoms with Crippen LogP contribution in [-0.2, 0) is 32.5 Å². The summed E-state index contributed by atoms with van der Waals surface area (Å²) in [7, 11) is -2.70. The third-order valence-electron chi connectivity index (χ3n) is 5.80. The molecule has 10 heteroatoms. The molecule has 0 aliphatic carbocycles. The highest BCUT2D eigenvalue weighted by atomic mass is 79.9. The maximum absolute atomic E-state index is 13.7. The van der Waals surface area contributed by atoms with E-state index in [0.29, 0.717) is 30.3 Å². The van der Waals surface area contributed by atoms with Gasteiger partial charge in [-0.1, -0.05) is 61.0 Å². The minimum Gasteiger partial charge on any atom is -0.468 e. The van der Waals surface area contributed by atoms with E-state index in [4.69, 9.17) is 4.74 Å². The van der Waals surface area contributed by atoms with Crippen molar-refractivity contribution in [3.63, 3.8) is 0 Å². The highest BCUT2D eigenvalue weighted by molar-refractivity contribution is 9.10. The van der Waals surface area contributed by atoms with E-state index >= 15 is 0 Å². The zero-order valence-corrected chi connectivity index (χ0v) is 23.5. The molecule has 0 radical (unpaired) electrons. The molecule has 0 N–H and O–H groups in total. The largest absolute Gasteiger partial charge is 0.468 e. The second kappa shape index (κ2) is 12.6. The molecule has 0 aliphatic rings. The summed E-state index contributed by atoms with van der Waals surface area (Å²) < 4.78 is 35.9. The molecule has 3 aromatic rings. The lowest BCUT2D eigenvalue weighted by Crippen LogP contribution is -2.47. The zero-order chi connectivity index (χ0) is 26.3. The van der Waals surface area contributed by atoms with Crippen molar-refractivity contribution < 1.29 is 17.9 Å². The standard InChI is InChI=1S/C26H33BrN4O4S/c1-19(2)16-24(26(32)35-4)31(36(33,34)25-10-6-5-9-23(25)27)15-7-8-22-18-30(29-28-22)17-21-13-11-20(3)12-14-21/h5-6,9-14,18-19,24H,7-8,15-17H2,1-4H3/t24-/m0/s1. The Morgan fingerprint density at radius 3 is 2.47 bits per heavy atom. The van der Waals surface area contributed by atoms with Crippen LogP contribution in [0.4, 0.5) is 0 Å². The van der Waals surface area contributed by atoms with Crippen LogP contribution < -0.4 is 0 Å². The fourth-order valence-electron chi connectivity index (χ4n) is 3.96. The Kier molecular flexibility index (Phi) is 9.81. The summed E-state index contributed by atoms with van der Waals surface area (Å²) in [4.78, 5) is 12.8. The Balaban J connectivity index is 1.78. The highest BCUT2D eigenvalue weighted by Crippen LogP contribution is 2.28. The molecule has 1 heterocycles. The number of aryl methyl sites for hydroxylation is 2. The number of sulfonamides is 1. The lowest BCUT2D eigenvalue weighted by Gasteiger charge is -2.30. The van der Waals surface area contributed by atoms with E-state index in [2.05, 4.69) is 50.5 Å². The van der Waals surface area contributed by atoms with Crippen LogP contribution in [0.3, 0.4) is 0 Å². The van der Waals surface area contributed by atoms with Gasteiger partial charge in [-0.25, -0.2) is 13.1 Å². The molecule has 0 unspecified atom stereocenters. The van der Waals surface area contributed by atoms with Gasteiger partial charge in [0, 0.05) is 17.2 Å². The first-order valence-electron chi connectivity index (χ1n) is 11.9. The molecule has 8 nitrogen and oxygen atoms in total. The Hall–Kier alpha value is -2.56. The third kappa shape index (κ3) is 7.24. The molecule has 1 atom stereocenters. The van der Waals surface area contributed by atoms with Gasteiger partial charge in [-0.2, -0.15) is 4.31 Å². The van der Waals surface area contributed by atoms with Crippen LogP contribution in [0.1, 0.15) is 43.5 Å². The Morgan fingerprint density at radius 1 is 1.14 bits per heavy atom. The van der Waals surface area contributed by atoms with E-state index in [1.54, 1.807) is 22.9 Å². The molecule has 3 rings (SSSR count). The van der Waals surface area contributed by atoms with E-state index in [-0.39, 0.29) is 17.4 Å². The number of methoxy groups -OCH3 is 1. The average molecular weight is 578 g/mol. The third-order valence-corrected chi connectivity index (χ3v) is 8.72. The van der Waals surface area contributed by atoms with Crippen LogP contribution in [0.15, 0.2) is 64.1 Å². The van der Waals surface area contributed by atoms with Crippen molar-refractivity contribution in [2.45, 2.75) is 57.5 Å². The molecule has 0 fully saturated rings. The van der Waals surface area contributed by atoms with Crippen molar-refractivity contribution in [2.75, 3.05) is 13.7 Å². The van der Waals surface area contributed by atoms with Crippen LogP contribution in [0.2, 0.25) is 0 Å². The van der Waals surface area contributed by atoms with Crippen molar-refractivity contribution in [2.24, 2.45) is 5.92 Å². The number of carbonyl (C=O) groups is 1. The average Bonchev–Trinajstić information content (AvgIpc) is 3.28. The van der Waals surface area contributed by atoms with Crippen LogP contribution in [0, 0.1) is 12.8 Å². The van der Waals surface area contributed by atoms with E-state index in [0.717, 1.165) is 11.3 Å². The predicted molar refractivity (Wildman–Crippen MR) is 142 cm³/mol.